The molecule has 0 fully saturated rings. The Morgan fingerprint density at radius 1 is 1.16 bits per heavy atom. The highest BCUT2D eigenvalue weighted by Gasteiger charge is 2.24. The molecule has 0 bridgehead atoms. The molecular formula is C19H21ClN2O2Si. The maximum absolute atomic E-state index is 11.3. The summed E-state index contributed by atoms with van der Waals surface area (Å²) >= 11 is 5.95. The third-order valence-corrected chi connectivity index (χ3v) is 9.55. The lowest BCUT2D eigenvalue weighted by Gasteiger charge is -2.20. The highest BCUT2D eigenvalue weighted by atomic mass is 35.5. The minimum atomic E-state index is -1.63. The molecule has 1 N–H and O–H groups in total. The number of carboxylic acid groups (broad SMARTS) is 1. The largest absolute Gasteiger partial charge is 0.476 e. The molecule has 0 aliphatic carbocycles. The van der Waals surface area contributed by atoms with Crippen LogP contribution in [0.5, 0.6) is 0 Å². The molecule has 25 heavy (non-hydrogen) atoms. The Hall–Kier alpha value is -2.16. The molecule has 0 amide bonds. The first kappa shape index (κ1) is 19.2. The van der Waals surface area contributed by atoms with E-state index in [9.17, 15) is 9.90 Å². The minimum Gasteiger partial charge on any atom is -0.476 e. The zero-order valence-electron chi connectivity index (χ0n) is 14.6. The Bertz CT molecular complexity index is 813. The van der Waals surface area contributed by atoms with E-state index >= 15 is 0 Å². The van der Waals surface area contributed by atoms with Crippen molar-refractivity contribution in [3.63, 3.8) is 0 Å². The zero-order chi connectivity index (χ0) is 18.4. The van der Waals surface area contributed by atoms with Crippen molar-refractivity contribution in [2.75, 3.05) is 0 Å². The molecule has 0 spiro atoms. The van der Waals surface area contributed by atoms with Gasteiger partial charge in [-0.25, -0.2) is 14.8 Å². The first-order valence-electron chi connectivity index (χ1n) is 8.34. The predicted octanol–water partition coefficient (Wildman–Crippen LogP) is 4.89. The number of benzene rings is 1. The molecule has 2 aromatic rings. The minimum absolute atomic E-state index is 0.0968. The molecule has 1 heterocycles. The summed E-state index contributed by atoms with van der Waals surface area (Å²) in [5.74, 6) is 2.09. The molecule has 0 aliphatic heterocycles. The van der Waals surface area contributed by atoms with Crippen molar-refractivity contribution < 1.29 is 9.90 Å². The third-order valence-electron chi connectivity index (χ3n) is 4.59. The van der Waals surface area contributed by atoms with Gasteiger partial charge in [0.25, 0.3) is 0 Å². The standard InChI is InChI=1S/C19H21ClN2O2Si/c1-4-25(5-2,6-3)12-11-16-18(14-7-9-15(20)10-8-14)22-17(13-21-16)19(23)24/h7-10,13H,4-6H2,1-3H3,(H,23,24). The second-order valence-electron chi connectivity index (χ2n) is 5.86. The Morgan fingerprint density at radius 3 is 2.28 bits per heavy atom. The summed E-state index contributed by atoms with van der Waals surface area (Å²) in [5.41, 5.74) is 5.13. The molecule has 0 radical (unpaired) electrons. The number of aromatic carboxylic acids is 1. The number of hydrogen-bond donors (Lipinski definition) is 1. The van der Waals surface area contributed by atoms with E-state index in [2.05, 4.69) is 42.2 Å². The Labute approximate surface area is 154 Å². The number of hydrogen-bond acceptors (Lipinski definition) is 3. The monoisotopic (exact) mass is 372 g/mol. The van der Waals surface area contributed by atoms with Gasteiger partial charge in [0.05, 0.1) is 6.20 Å². The van der Waals surface area contributed by atoms with Crippen molar-refractivity contribution in [2.24, 2.45) is 0 Å². The molecule has 130 valence electrons. The van der Waals surface area contributed by atoms with Crippen LogP contribution in [0.25, 0.3) is 11.3 Å². The molecule has 1 aromatic heterocycles. The summed E-state index contributed by atoms with van der Waals surface area (Å²) in [6, 6.07) is 10.3. The van der Waals surface area contributed by atoms with Gasteiger partial charge in [0, 0.05) is 10.6 Å². The van der Waals surface area contributed by atoms with Gasteiger partial charge >= 0.3 is 5.97 Å². The van der Waals surface area contributed by atoms with E-state index in [0.29, 0.717) is 16.4 Å². The van der Waals surface area contributed by atoms with Crippen molar-refractivity contribution in [1.29, 1.82) is 0 Å². The predicted molar refractivity (Wildman–Crippen MR) is 104 cm³/mol. The van der Waals surface area contributed by atoms with E-state index in [1.54, 1.807) is 24.3 Å². The Balaban J connectivity index is 2.59. The molecule has 2 rings (SSSR count). The van der Waals surface area contributed by atoms with Gasteiger partial charge in [-0.3, -0.25) is 0 Å². The van der Waals surface area contributed by atoms with Crippen molar-refractivity contribution in [3.05, 3.63) is 46.9 Å². The summed E-state index contributed by atoms with van der Waals surface area (Å²) in [6.07, 6.45) is 1.26. The molecule has 0 aliphatic rings. The maximum Gasteiger partial charge on any atom is 0.356 e. The number of aromatic nitrogens is 2. The SMILES string of the molecule is CC[Si](C#Cc1ncc(C(=O)O)nc1-c1ccc(Cl)cc1)(CC)CC. The van der Waals surface area contributed by atoms with Crippen LogP contribution in [0.2, 0.25) is 23.2 Å². The van der Waals surface area contributed by atoms with Gasteiger partial charge in [-0.1, -0.05) is 50.4 Å². The molecule has 4 nitrogen and oxygen atoms in total. The number of carbonyl (C=O) groups is 1. The van der Waals surface area contributed by atoms with Crippen molar-refractivity contribution in [2.45, 2.75) is 38.9 Å². The summed E-state index contributed by atoms with van der Waals surface area (Å²) in [7, 11) is -1.63. The second kappa shape index (κ2) is 8.28. The van der Waals surface area contributed by atoms with E-state index in [0.717, 1.165) is 23.7 Å². The van der Waals surface area contributed by atoms with Crippen LogP contribution >= 0.6 is 11.6 Å². The van der Waals surface area contributed by atoms with E-state index in [1.807, 2.05) is 0 Å². The van der Waals surface area contributed by atoms with Gasteiger partial charge < -0.3 is 5.11 Å². The van der Waals surface area contributed by atoms with E-state index in [1.165, 1.54) is 6.20 Å². The molecule has 1 aromatic carbocycles. The number of halogens is 1. The van der Waals surface area contributed by atoms with Gasteiger partial charge in [-0.15, -0.1) is 5.54 Å². The fourth-order valence-electron chi connectivity index (χ4n) is 2.60. The highest BCUT2D eigenvalue weighted by molar-refractivity contribution is 6.87. The maximum atomic E-state index is 11.3. The molecule has 0 saturated carbocycles. The lowest BCUT2D eigenvalue weighted by atomic mass is 10.1. The molecule has 0 atom stereocenters. The van der Waals surface area contributed by atoms with Crippen LogP contribution in [-0.4, -0.2) is 29.1 Å². The van der Waals surface area contributed by atoms with Crippen LogP contribution < -0.4 is 0 Å². The van der Waals surface area contributed by atoms with Crippen LogP contribution in [0, 0.1) is 11.5 Å². The van der Waals surface area contributed by atoms with Gasteiger partial charge in [0.1, 0.15) is 19.5 Å². The number of nitrogens with zero attached hydrogens (tertiary/aromatic N) is 2. The molecule has 0 saturated heterocycles. The Kier molecular flexibility index (Phi) is 6.35. The van der Waals surface area contributed by atoms with Crippen molar-refractivity contribution in [1.82, 2.24) is 9.97 Å². The van der Waals surface area contributed by atoms with Crippen LogP contribution in [0.3, 0.4) is 0 Å². The van der Waals surface area contributed by atoms with Gasteiger partial charge in [0.15, 0.2) is 5.69 Å². The van der Waals surface area contributed by atoms with Gasteiger partial charge in [-0.2, -0.15) is 0 Å². The number of carboxylic acids is 1. The molecule has 6 heteroatoms. The van der Waals surface area contributed by atoms with Crippen LogP contribution in [-0.2, 0) is 0 Å². The lowest BCUT2D eigenvalue weighted by molar-refractivity contribution is 0.0690. The fraction of sp³-hybridized carbons (Fsp3) is 0.316. The summed E-state index contributed by atoms with van der Waals surface area (Å²) < 4.78 is 0. The van der Waals surface area contributed by atoms with Crippen molar-refractivity contribution in [3.8, 4) is 22.7 Å². The van der Waals surface area contributed by atoms with E-state index in [-0.39, 0.29) is 5.69 Å². The third kappa shape index (κ3) is 4.47. The van der Waals surface area contributed by atoms with Gasteiger partial charge in [-0.05, 0) is 30.3 Å². The zero-order valence-corrected chi connectivity index (χ0v) is 16.4. The van der Waals surface area contributed by atoms with E-state index in [4.69, 9.17) is 11.6 Å². The second-order valence-corrected chi connectivity index (χ2v) is 11.2. The van der Waals surface area contributed by atoms with E-state index < -0.39 is 14.0 Å². The first-order valence-corrected chi connectivity index (χ1v) is 11.3. The summed E-state index contributed by atoms with van der Waals surface area (Å²) in [6.45, 7) is 6.56. The van der Waals surface area contributed by atoms with Gasteiger partial charge in [0.2, 0.25) is 0 Å². The van der Waals surface area contributed by atoms with Crippen LogP contribution in [0.4, 0.5) is 0 Å². The molecule has 0 unspecified atom stereocenters. The average Bonchev–Trinajstić information content (AvgIpc) is 2.64. The molecular weight excluding hydrogens is 352 g/mol. The fourth-order valence-corrected chi connectivity index (χ4v) is 5.14. The van der Waals surface area contributed by atoms with Crippen LogP contribution in [0.15, 0.2) is 30.5 Å². The van der Waals surface area contributed by atoms with Crippen LogP contribution in [0.1, 0.15) is 37.0 Å². The smallest absolute Gasteiger partial charge is 0.356 e. The topological polar surface area (TPSA) is 63.1 Å². The normalized spacial score (nSPS) is 10.9. The first-order chi connectivity index (χ1) is 11.9. The summed E-state index contributed by atoms with van der Waals surface area (Å²) in [4.78, 5) is 19.8. The average molecular weight is 373 g/mol. The quantitative estimate of drug-likeness (QED) is 0.599. The highest BCUT2D eigenvalue weighted by Crippen LogP contribution is 2.23. The summed E-state index contributed by atoms with van der Waals surface area (Å²) in [5, 5.41) is 9.82. The Morgan fingerprint density at radius 2 is 1.76 bits per heavy atom. The number of rotatable bonds is 5. The lowest BCUT2D eigenvalue weighted by Crippen LogP contribution is -2.29. The van der Waals surface area contributed by atoms with Crippen molar-refractivity contribution >= 4 is 25.6 Å².